The lowest BCUT2D eigenvalue weighted by Gasteiger charge is -2.17. The Morgan fingerprint density at radius 1 is 0.271 bits per heavy atom. The molecule has 0 bridgehead atoms. The van der Waals surface area contributed by atoms with Gasteiger partial charge in [-0.2, -0.15) is 0 Å². The average Bonchev–Trinajstić information content (AvgIpc) is 3.66. The van der Waals surface area contributed by atoms with Crippen molar-refractivity contribution < 1.29 is 0 Å². The van der Waals surface area contributed by atoms with Crippen LogP contribution in [0.1, 0.15) is 0 Å². The molecular formula is C55H36N4. The lowest BCUT2D eigenvalue weighted by molar-refractivity contribution is 1.07. The Balaban J connectivity index is 1.10. The number of aromatic nitrogens is 4. The standard InChI is InChI=1S/C55H36N4/c1-3-15-37(16-4-1)42-21-13-22-43(35-42)47-34-33-44(36-52(47)59-50-27-11-9-24-48(50)49-25-10-12-28-51(49)59)55-57-53(40-18-5-2-6-19-40)56-54(58-55)41-31-29-39(30-32-41)46-26-14-20-38-17-7-8-23-45(38)46/h1-36H. The average molecular weight is 753 g/mol. The first-order valence-electron chi connectivity index (χ1n) is 19.9. The second kappa shape index (κ2) is 14.5. The molecule has 0 aliphatic carbocycles. The van der Waals surface area contributed by atoms with Gasteiger partial charge in [0.05, 0.1) is 16.7 Å². The summed E-state index contributed by atoms with van der Waals surface area (Å²) in [6, 6.07) is 77.1. The van der Waals surface area contributed by atoms with E-state index in [4.69, 9.17) is 15.0 Å². The fourth-order valence-electron chi connectivity index (χ4n) is 8.41. The second-order valence-electron chi connectivity index (χ2n) is 14.8. The van der Waals surface area contributed by atoms with Gasteiger partial charge in [0, 0.05) is 33.0 Å². The molecule has 0 N–H and O–H groups in total. The summed E-state index contributed by atoms with van der Waals surface area (Å²) < 4.78 is 2.39. The van der Waals surface area contributed by atoms with E-state index in [2.05, 4.69) is 205 Å². The third-order valence-corrected chi connectivity index (χ3v) is 11.3. The van der Waals surface area contributed by atoms with Crippen molar-refractivity contribution in [2.75, 3.05) is 0 Å². The van der Waals surface area contributed by atoms with E-state index < -0.39 is 0 Å². The highest BCUT2D eigenvalue weighted by Gasteiger charge is 2.19. The molecular weight excluding hydrogens is 717 g/mol. The predicted molar refractivity (Wildman–Crippen MR) is 244 cm³/mol. The topological polar surface area (TPSA) is 43.6 Å². The number of rotatable bonds is 7. The number of para-hydroxylation sites is 2. The molecule has 9 aromatic carbocycles. The Hall–Kier alpha value is -7.95. The van der Waals surface area contributed by atoms with E-state index in [-0.39, 0.29) is 0 Å². The number of benzene rings is 9. The molecule has 59 heavy (non-hydrogen) atoms. The molecule has 0 amide bonds. The van der Waals surface area contributed by atoms with Crippen LogP contribution in [0.2, 0.25) is 0 Å². The van der Waals surface area contributed by atoms with Crippen LogP contribution in [0.5, 0.6) is 0 Å². The Labute approximate surface area is 342 Å². The molecule has 11 aromatic rings. The molecule has 0 aliphatic rings. The van der Waals surface area contributed by atoms with E-state index in [0.29, 0.717) is 17.5 Å². The summed E-state index contributed by atoms with van der Waals surface area (Å²) in [7, 11) is 0. The summed E-state index contributed by atoms with van der Waals surface area (Å²) in [5.41, 5.74) is 13.0. The summed E-state index contributed by atoms with van der Waals surface area (Å²) >= 11 is 0. The van der Waals surface area contributed by atoms with Gasteiger partial charge < -0.3 is 4.57 Å². The molecule has 0 saturated carbocycles. The zero-order chi connectivity index (χ0) is 39.1. The summed E-state index contributed by atoms with van der Waals surface area (Å²) in [5, 5.41) is 4.86. The highest BCUT2D eigenvalue weighted by molar-refractivity contribution is 6.10. The van der Waals surface area contributed by atoms with Gasteiger partial charge in [0.15, 0.2) is 17.5 Å². The minimum Gasteiger partial charge on any atom is -0.309 e. The quantitative estimate of drug-likeness (QED) is 0.163. The Morgan fingerprint density at radius 3 is 1.44 bits per heavy atom. The Bertz CT molecular complexity index is 3250. The van der Waals surface area contributed by atoms with Crippen LogP contribution in [0.15, 0.2) is 218 Å². The van der Waals surface area contributed by atoms with E-state index >= 15 is 0 Å². The van der Waals surface area contributed by atoms with Gasteiger partial charge in [-0.3, -0.25) is 0 Å². The van der Waals surface area contributed by atoms with Crippen LogP contribution in [0.4, 0.5) is 0 Å². The number of fused-ring (bicyclic) bond motifs is 4. The van der Waals surface area contributed by atoms with Gasteiger partial charge in [0.1, 0.15) is 0 Å². The molecule has 0 unspecified atom stereocenters. The van der Waals surface area contributed by atoms with Crippen molar-refractivity contribution in [2.24, 2.45) is 0 Å². The van der Waals surface area contributed by atoms with Crippen molar-refractivity contribution in [1.82, 2.24) is 19.5 Å². The zero-order valence-corrected chi connectivity index (χ0v) is 32.1. The van der Waals surface area contributed by atoms with Crippen molar-refractivity contribution in [3.8, 4) is 73.2 Å². The van der Waals surface area contributed by atoms with Crippen LogP contribution in [0, 0.1) is 0 Å². The summed E-state index contributed by atoms with van der Waals surface area (Å²) in [5.74, 6) is 1.86. The summed E-state index contributed by atoms with van der Waals surface area (Å²) in [4.78, 5) is 15.5. The van der Waals surface area contributed by atoms with Crippen LogP contribution in [0.3, 0.4) is 0 Å². The summed E-state index contributed by atoms with van der Waals surface area (Å²) in [6.45, 7) is 0. The normalized spacial score (nSPS) is 11.4. The maximum Gasteiger partial charge on any atom is 0.164 e. The van der Waals surface area contributed by atoms with E-state index in [1.54, 1.807) is 0 Å². The smallest absolute Gasteiger partial charge is 0.164 e. The second-order valence-corrected chi connectivity index (χ2v) is 14.8. The van der Waals surface area contributed by atoms with Crippen LogP contribution in [0.25, 0.3) is 106 Å². The molecule has 0 saturated heterocycles. The lowest BCUT2D eigenvalue weighted by atomic mass is 9.96. The largest absolute Gasteiger partial charge is 0.309 e. The van der Waals surface area contributed by atoms with Crippen molar-refractivity contribution in [2.45, 2.75) is 0 Å². The first kappa shape index (κ1) is 34.3. The van der Waals surface area contributed by atoms with Crippen molar-refractivity contribution in [3.05, 3.63) is 218 Å². The maximum atomic E-state index is 5.22. The Kier molecular flexibility index (Phi) is 8.45. The van der Waals surface area contributed by atoms with Crippen LogP contribution >= 0.6 is 0 Å². The van der Waals surface area contributed by atoms with Crippen molar-refractivity contribution >= 4 is 32.6 Å². The minimum atomic E-state index is 0.610. The molecule has 0 aliphatic heterocycles. The first-order chi connectivity index (χ1) is 29.2. The van der Waals surface area contributed by atoms with E-state index in [1.165, 1.54) is 38.2 Å². The van der Waals surface area contributed by atoms with Gasteiger partial charge in [-0.05, 0) is 62.9 Å². The van der Waals surface area contributed by atoms with Gasteiger partial charge in [-0.25, -0.2) is 15.0 Å². The van der Waals surface area contributed by atoms with Gasteiger partial charge in [0.25, 0.3) is 0 Å². The number of hydrogen-bond acceptors (Lipinski definition) is 3. The molecule has 0 spiro atoms. The van der Waals surface area contributed by atoms with E-state index in [9.17, 15) is 0 Å². The van der Waals surface area contributed by atoms with Crippen LogP contribution < -0.4 is 0 Å². The zero-order valence-electron chi connectivity index (χ0n) is 32.1. The van der Waals surface area contributed by atoms with Gasteiger partial charge in [0.2, 0.25) is 0 Å². The van der Waals surface area contributed by atoms with Gasteiger partial charge in [-0.15, -0.1) is 0 Å². The SMILES string of the molecule is c1ccc(-c2cccc(-c3ccc(-c4nc(-c5ccccc5)nc(-c5ccc(-c6cccc7ccccc67)cc5)n4)cc3-n3c4ccccc4c4ccccc43)c2)cc1. The fourth-order valence-corrected chi connectivity index (χ4v) is 8.41. The van der Waals surface area contributed by atoms with Crippen molar-refractivity contribution in [1.29, 1.82) is 0 Å². The number of nitrogens with zero attached hydrogens (tertiary/aromatic N) is 4. The molecule has 0 atom stereocenters. The maximum absolute atomic E-state index is 5.22. The third-order valence-electron chi connectivity index (χ3n) is 11.3. The van der Waals surface area contributed by atoms with E-state index in [0.717, 1.165) is 50.1 Å². The molecule has 0 fully saturated rings. The van der Waals surface area contributed by atoms with Crippen LogP contribution in [-0.4, -0.2) is 19.5 Å². The molecule has 2 heterocycles. The molecule has 11 rings (SSSR count). The highest BCUT2D eigenvalue weighted by atomic mass is 15.0. The molecule has 0 radical (unpaired) electrons. The Morgan fingerprint density at radius 2 is 0.746 bits per heavy atom. The third kappa shape index (κ3) is 6.24. The number of hydrogen-bond donors (Lipinski definition) is 0. The van der Waals surface area contributed by atoms with Gasteiger partial charge >= 0.3 is 0 Å². The van der Waals surface area contributed by atoms with Gasteiger partial charge in [-0.1, -0.05) is 194 Å². The van der Waals surface area contributed by atoms with E-state index in [1.807, 2.05) is 18.2 Å². The molecule has 4 heteroatoms. The molecule has 2 aromatic heterocycles. The summed E-state index contributed by atoms with van der Waals surface area (Å²) in [6.07, 6.45) is 0. The first-order valence-corrected chi connectivity index (χ1v) is 19.9. The lowest BCUT2D eigenvalue weighted by Crippen LogP contribution is -2.02. The highest BCUT2D eigenvalue weighted by Crippen LogP contribution is 2.39. The fraction of sp³-hybridized carbons (Fsp3) is 0. The monoisotopic (exact) mass is 752 g/mol. The molecule has 4 nitrogen and oxygen atoms in total. The predicted octanol–water partition coefficient (Wildman–Crippen LogP) is 14.1. The molecule has 276 valence electrons. The van der Waals surface area contributed by atoms with Crippen molar-refractivity contribution in [3.63, 3.8) is 0 Å². The van der Waals surface area contributed by atoms with Crippen LogP contribution in [-0.2, 0) is 0 Å². The minimum absolute atomic E-state index is 0.610.